The second kappa shape index (κ2) is 5.94. The van der Waals surface area contributed by atoms with Crippen molar-refractivity contribution in [2.45, 2.75) is 38.0 Å². The number of ether oxygens (including phenoxy) is 2. The number of likely N-dealkylation sites (tertiary alicyclic amines) is 1. The molecule has 2 bridgehead atoms. The van der Waals surface area contributed by atoms with Crippen LogP contribution in [0.3, 0.4) is 0 Å². The first-order valence-corrected chi connectivity index (χ1v) is 7.34. The number of fused-ring (bicyclic) bond motifs is 2. The maximum atomic E-state index is 11.9. The Bertz CT molecular complexity index is 450. The van der Waals surface area contributed by atoms with Gasteiger partial charge in [-0.05, 0) is 31.9 Å². The molecule has 20 heavy (non-hydrogen) atoms. The van der Waals surface area contributed by atoms with Crippen molar-refractivity contribution < 1.29 is 14.3 Å². The van der Waals surface area contributed by atoms with E-state index >= 15 is 0 Å². The summed E-state index contributed by atoms with van der Waals surface area (Å²) in [4.78, 5) is 14.3. The summed E-state index contributed by atoms with van der Waals surface area (Å²) < 4.78 is 11.2. The van der Waals surface area contributed by atoms with Crippen LogP contribution in [0, 0.1) is 0 Å². The van der Waals surface area contributed by atoms with E-state index in [9.17, 15) is 4.79 Å². The molecule has 2 aliphatic heterocycles. The smallest absolute Gasteiger partial charge is 0.338 e. The van der Waals surface area contributed by atoms with Gasteiger partial charge in [0, 0.05) is 19.1 Å². The fraction of sp³-hybridized carbons (Fsp3) is 0.562. The molecule has 0 aromatic heterocycles. The van der Waals surface area contributed by atoms with Gasteiger partial charge >= 0.3 is 5.97 Å². The minimum Gasteiger partial charge on any atom is -0.460 e. The van der Waals surface area contributed by atoms with Crippen molar-refractivity contribution in [2.75, 3.05) is 19.7 Å². The van der Waals surface area contributed by atoms with Crippen LogP contribution in [0.4, 0.5) is 0 Å². The zero-order chi connectivity index (χ0) is 13.9. The van der Waals surface area contributed by atoms with Crippen LogP contribution in [-0.2, 0) is 9.47 Å². The van der Waals surface area contributed by atoms with Crippen LogP contribution in [-0.4, -0.2) is 48.8 Å². The second-order valence-corrected chi connectivity index (χ2v) is 5.72. The molecule has 0 saturated carbocycles. The predicted molar refractivity (Wildman–Crippen MR) is 75.7 cm³/mol. The van der Waals surface area contributed by atoms with Crippen molar-refractivity contribution in [3.8, 4) is 0 Å². The summed E-state index contributed by atoms with van der Waals surface area (Å²) in [6.07, 6.45) is 3.08. The molecule has 0 N–H and O–H groups in total. The first kappa shape index (κ1) is 13.6. The van der Waals surface area contributed by atoms with Gasteiger partial charge in [0.2, 0.25) is 0 Å². The van der Waals surface area contributed by atoms with E-state index in [1.807, 2.05) is 18.2 Å². The van der Waals surface area contributed by atoms with Gasteiger partial charge in [0.05, 0.1) is 17.8 Å². The number of carbonyl (C=O) groups is 1. The molecule has 3 atom stereocenters. The monoisotopic (exact) mass is 275 g/mol. The van der Waals surface area contributed by atoms with Gasteiger partial charge in [0.15, 0.2) is 0 Å². The van der Waals surface area contributed by atoms with E-state index in [0.29, 0.717) is 24.4 Å². The number of hydrogen-bond acceptors (Lipinski definition) is 4. The van der Waals surface area contributed by atoms with Gasteiger partial charge in [0.25, 0.3) is 0 Å². The number of carbonyl (C=O) groups excluding carboxylic acids is 1. The summed E-state index contributed by atoms with van der Waals surface area (Å²) in [6.45, 7) is 4.47. The number of morpholine rings is 1. The molecule has 0 spiro atoms. The molecule has 2 heterocycles. The number of nitrogens with zero attached hydrogens (tertiary/aromatic N) is 1. The third-order valence-electron chi connectivity index (χ3n) is 4.16. The van der Waals surface area contributed by atoms with Crippen LogP contribution in [0.2, 0.25) is 0 Å². The molecule has 2 saturated heterocycles. The van der Waals surface area contributed by atoms with Gasteiger partial charge in [-0.3, -0.25) is 4.90 Å². The molecule has 1 aromatic rings. The lowest BCUT2D eigenvalue weighted by Crippen LogP contribution is -2.48. The second-order valence-electron chi connectivity index (χ2n) is 5.72. The third kappa shape index (κ3) is 3.02. The fourth-order valence-electron chi connectivity index (χ4n) is 2.97. The highest BCUT2D eigenvalue weighted by atomic mass is 16.5. The largest absolute Gasteiger partial charge is 0.460 e. The van der Waals surface area contributed by atoms with Crippen LogP contribution >= 0.6 is 0 Å². The third-order valence-corrected chi connectivity index (χ3v) is 4.16. The van der Waals surface area contributed by atoms with E-state index in [4.69, 9.17) is 9.47 Å². The van der Waals surface area contributed by atoms with Crippen molar-refractivity contribution in [1.82, 2.24) is 4.90 Å². The van der Waals surface area contributed by atoms with Crippen LogP contribution in [0.15, 0.2) is 30.3 Å². The number of benzene rings is 1. The Labute approximate surface area is 119 Å². The standard InChI is InChI=1S/C16H21NO3/c1-12(17-9-14-7-8-15(10-17)20-14)11-19-16(18)13-5-3-2-4-6-13/h2-6,12,14-15H,7-11H2,1H3/t12-,14-,15-/m0/s1. The normalized spacial score (nSPS) is 27.2. The summed E-state index contributed by atoms with van der Waals surface area (Å²) >= 11 is 0. The topological polar surface area (TPSA) is 38.8 Å². The maximum absolute atomic E-state index is 11.9. The highest BCUT2D eigenvalue weighted by Gasteiger charge is 2.35. The van der Waals surface area contributed by atoms with E-state index in [2.05, 4.69) is 11.8 Å². The van der Waals surface area contributed by atoms with Crippen LogP contribution in [0.5, 0.6) is 0 Å². The van der Waals surface area contributed by atoms with Gasteiger partial charge in [-0.15, -0.1) is 0 Å². The Hall–Kier alpha value is -1.39. The molecule has 3 rings (SSSR count). The predicted octanol–water partition coefficient (Wildman–Crippen LogP) is 2.10. The Morgan fingerprint density at radius 3 is 2.60 bits per heavy atom. The first-order valence-electron chi connectivity index (χ1n) is 7.34. The summed E-state index contributed by atoms with van der Waals surface area (Å²) in [5.74, 6) is -0.242. The van der Waals surface area contributed by atoms with E-state index in [-0.39, 0.29) is 12.0 Å². The Balaban J connectivity index is 1.50. The van der Waals surface area contributed by atoms with Crippen LogP contribution in [0.1, 0.15) is 30.1 Å². The van der Waals surface area contributed by atoms with E-state index < -0.39 is 0 Å². The zero-order valence-corrected chi connectivity index (χ0v) is 11.8. The molecule has 108 valence electrons. The Morgan fingerprint density at radius 1 is 1.30 bits per heavy atom. The fourth-order valence-corrected chi connectivity index (χ4v) is 2.97. The Morgan fingerprint density at radius 2 is 1.95 bits per heavy atom. The van der Waals surface area contributed by atoms with Crippen molar-refractivity contribution in [2.24, 2.45) is 0 Å². The van der Waals surface area contributed by atoms with Gasteiger partial charge in [-0.2, -0.15) is 0 Å². The zero-order valence-electron chi connectivity index (χ0n) is 11.8. The highest BCUT2D eigenvalue weighted by Crippen LogP contribution is 2.27. The molecular weight excluding hydrogens is 254 g/mol. The quantitative estimate of drug-likeness (QED) is 0.789. The molecule has 4 heteroatoms. The summed E-state index contributed by atoms with van der Waals surface area (Å²) in [7, 11) is 0. The van der Waals surface area contributed by atoms with Gasteiger partial charge in [0.1, 0.15) is 6.61 Å². The minimum atomic E-state index is -0.242. The molecular formula is C16H21NO3. The van der Waals surface area contributed by atoms with Crippen molar-refractivity contribution in [3.63, 3.8) is 0 Å². The summed E-state index contributed by atoms with van der Waals surface area (Å²) in [5.41, 5.74) is 0.613. The lowest BCUT2D eigenvalue weighted by Gasteiger charge is -2.36. The van der Waals surface area contributed by atoms with Crippen LogP contribution in [0.25, 0.3) is 0 Å². The number of rotatable bonds is 4. The first-order chi connectivity index (χ1) is 9.72. The summed E-state index contributed by atoms with van der Waals surface area (Å²) in [5, 5.41) is 0. The van der Waals surface area contributed by atoms with E-state index in [1.54, 1.807) is 12.1 Å². The molecule has 1 aromatic carbocycles. The number of hydrogen-bond donors (Lipinski definition) is 0. The molecule has 2 aliphatic rings. The van der Waals surface area contributed by atoms with E-state index in [0.717, 1.165) is 25.9 Å². The molecule has 0 unspecified atom stereocenters. The maximum Gasteiger partial charge on any atom is 0.338 e. The molecule has 0 aliphatic carbocycles. The van der Waals surface area contributed by atoms with Crippen molar-refractivity contribution in [1.29, 1.82) is 0 Å². The lowest BCUT2D eigenvalue weighted by atomic mass is 10.2. The molecule has 2 fully saturated rings. The number of esters is 1. The van der Waals surface area contributed by atoms with Gasteiger partial charge in [-0.25, -0.2) is 4.79 Å². The molecule has 0 amide bonds. The summed E-state index contributed by atoms with van der Waals surface area (Å²) in [6, 6.07) is 9.39. The van der Waals surface area contributed by atoms with Gasteiger partial charge < -0.3 is 9.47 Å². The molecule has 0 radical (unpaired) electrons. The Kier molecular flexibility index (Phi) is 4.03. The molecule has 4 nitrogen and oxygen atoms in total. The average molecular weight is 275 g/mol. The van der Waals surface area contributed by atoms with Gasteiger partial charge in [-0.1, -0.05) is 18.2 Å². The average Bonchev–Trinajstić information content (AvgIpc) is 2.83. The highest BCUT2D eigenvalue weighted by molar-refractivity contribution is 5.89. The van der Waals surface area contributed by atoms with E-state index in [1.165, 1.54) is 0 Å². The van der Waals surface area contributed by atoms with Crippen LogP contribution < -0.4 is 0 Å². The minimum absolute atomic E-state index is 0.242. The SMILES string of the molecule is C[C@@H](COC(=O)c1ccccc1)N1C[C@@H]2CC[C@@H](C1)O2. The van der Waals surface area contributed by atoms with Crippen molar-refractivity contribution >= 4 is 5.97 Å². The van der Waals surface area contributed by atoms with Crippen molar-refractivity contribution in [3.05, 3.63) is 35.9 Å². The lowest BCUT2D eigenvalue weighted by molar-refractivity contribution is -0.0584.